The molecule has 1 aromatic carbocycles. The highest BCUT2D eigenvalue weighted by molar-refractivity contribution is 5.92. The lowest BCUT2D eigenvalue weighted by Gasteiger charge is -2.19. The van der Waals surface area contributed by atoms with Crippen LogP contribution in [0.4, 0.5) is 10.1 Å². The van der Waals surface area contributed by atoms with Crippen LogP contribution in [-0.2, 0) is 11.8 Å². The van der Waals surface area contributed by atoms with Gasteiger partial charge in [0.2, 0.25) is 5.91 Å². The lowest BCUT2D eigenvalue weighted by molar-refractivity contribution is -0.115. The maximum atomic E-state index is 13.5. The maximum Gasteiger partial charge on any atom is 0.238 e. The number of hydrogen-bond acceptors (Lipinski definition) is 4. The minimum Gasteiger partial charge on any atom is -0.325 e. The molecule has 0 saturated heterocycles. The molecule has 1 aromatic heterocycles. The van der Waals surface area contributed by atoms with Gasteiger partial charge in [-0.25, -0.2) is 9.37 Å². The van der Waals surface area contributed by atoms with Gasteiger partial charge in [0.1, 0.15) is 18.0 Å². The Labute approximate surface area is 141 Å². The van der Waals surface area contributed by atoms with Crippen molar-refractivity contribution < 1.29 is 9.18 Å². The van der Waals surface area contributed by atoms with Gasteiger partial charge in [-0.3, -0.25) is 14.8 Å². The van der Waals surface area contributed by atoms with Crippen molar-refractivity contribution in [1.82, 2.24) is 20.1 Å². The summed E-state index contributed by atoms with van der Waals surface area (Å²) in [6.07, 6.45) is 2.33. The lowest BCUT2D eigenvalue weighted by Crippen LogP contribution is -2.33. The molecular formula is C17H24FN5O. The summed E-state index contributed by atoms with van der Waals surface area (Å²) >= 11 is 0. The summed E-state index contributed by atoms with van der Waals surface area (Å²) in [5.41, 5.74) is 0.916. The summed E-state index contributed by atoms with van der Waals surface area (Å²) < 4.78 is 15.2. The van der Waals surface area contributed by atoms with Crippen LogP contribution in [0.1, 0.15) is 37.7 Å². The molecule has 0 radical (unpaired) electrons. The summed E-state index contributed by atoms with van der Waals surface area (Å²) in [6, 6.07) is 4.56. The molecule has 2 rings (SSSR count). The number of anilines is 1. The van der Waals surface area contributed by atoms with Crippen molar-refractivity contribution in [3.8, 4) is 0 Å². The Bertz CT molecular complexity index is 698. The number of aromatic nitrogens is 3. The Hall–Kier alpha value is -2.28. The van der Waals surface area contributed by atoms with Crippen molar-refractivity contribution in [2.75, 3.05) is 11.9 Å². The van der Waals surface area contributed by atoms with Crippen LogP contribution in [0.2, 0.25) is 0 Å². The number of amides is 1. The minimum absolute atomic E-state index is 0.0724. The Morgan fingerprint density at radius 2 is 2.12 bits per heavy atom. The Balaban J connectivity index is 1.99. The summed E-state index contributed by atoms with van der Waals surface area (Å²) in [6.45, 7) is 5.97. The van der Waals surface area contributed by atoms with E-state index in [1.807, 2.05) is 7.05 Å². The predicted octanol–water partition coefficient (Wildman–Crippen LogP) is 2.58. The lowest BCUT2D eigenvalue weighted by atomic mass is 10.0. The van der Waals surface area contributed by atoms with Crippen LogP contribution >= 0.6 is 0 Å². The zero-order valence-electron chi connectivity index (χ0n) is 14.5. The second-order valence-corrected chi connectivity index (χ2v) is 6.27. The number of halogens is 1. The van der Waals surface area contributed by atoms with Gasteiger partial charge in [-0.05, 0) is 31.4 Å². The van der Waals surface area contributed by atoms with E-state index in [1.54, 1.807) is 23.7 Å². The van der Waals surface area contributed by atoms with Crippen LogP contribution < -0.4 is 10.6 Å². The first-order valence-corrected chi connectivity index (χ1v) is 8.00. The van der Waals surface area contributed by atoms with Crippen LogP contribution in [0, 0.1) is 18.7 Å². The number of benzene rings is 1. The van der Waals surface area contributed by atoms with E-state index in [1.165, 1.54) is 12.4 Å². The first-order valence-electron chi connectivity index (χ1n) is 8.00. The van der Waals surface area contributed by atoms with Gasteiger partial charge < -0.3 is 5.32 Å². The molecule has 0 spiro atoms. The largest absolute Gasteiger partial charge is 0.325 e. The monoisotopic (exact) mass is 333 g/mol. The van der Waals surface area contributed by atoms with E-state index in [2.05, 4.69) is 34.6 Å². The van der Waals surface area contributed by atoms with Crippen molar-refractivity contribution in [2.24, 2.45) is 13.0 Å². The molecule has 0 fully saturated rings. The number of nitrogens with zero attached hydrogens (tertiary/aromatic N) is 3. The van der Waals surface area contributed by atoms with Crippen LogP contribution in [0.25, 0.3) is 0 Å². The van der Waals surface area contributed by atoms with Gasteiger partial charge in [0.15, 0.2) is 0 Å². The van der Waals surface area contributed by atoms with Gasteiger partial charge in [0.05, 0.1) is 12.6 Å². The van der Waals surface area contributed by atoms with Gasteiger partial charge in [0, 0.05) is 18.3 Å². The first-order chi connectivity index (χ1) is 11.4. The maximum absolute atomic E-state index is 13.5. The highest BCUT2D eigenvalue weighted by Crippen LogP contribution is 2.19. The van der Waals surface area contributed by atoms with Crippen molar-refractivity contribution in [3.05, 3.63) is 41.7 Å². The second-order valence-electron chi connectivity index (χ2n) is 6.27. The minimum atomic E-state index is -0.336. The SMILES string of the molecule is Cc1c(F)cccc1NC(=O)CN[C@H](CC(C)C)c1ncnn1C. The first kappa shape index (κ1) is 18.1. The number of rotatable bonds is 7. The molecule has 0 unspecified atom stereocenters. The summed E-state index contributed by atoms with van der Waals surface area (Å²) in [5, 5.41) is 10.0. The third-order valence-electron chi connectivity index (χ3n) is 3.82. The molecule has 0 aliphatic rings. The zero-order valence-corrected chi connectivity index (χ0v) is 14.5. The van der Waals surface area contributed by atoms with Crippen LogP contribution in [0.3, 0.4) is 0 Å². The molecule has 7 heteroatoms. The van der Waals surface area contributed by atoms with E-state index in [0.29, 0.717) is 17.2 Å². The van der Waals surface area contributed by atoms with Crippen LogP contribution in [0.5, 0.6) is 0 Å². The molecule has 0 bridgehead atoms. The van der Waals surface area contributed by atoms with Crippen molar-refractivity contribution >= 4 is 11.6 Å². The molecule has 130 valence electrons. The molecule has 6 nitrogen and oxygen atoms in total. The number of carbonyl (C=O) groups excluding carboxylic acids is 1. The number of hydrogen-bond donors (Lipinski definition) is 2. The normalized spacial score (nSPS) is 12.4. The van der Waals surface area contributed by atoms with Gasteiger partial charge in [-0.2, -0.15) is 5.10 Å². The van der Waals surface area contributed by atoms with Gasteiger partial charge in [0.25, 0.3) is 0 Å². The fourth-order valence-corrected chi connectivity index (χ4v) is 2.53. The molecular weight excluding hydrogens is 309 g/mol. The quantitative estimate of drug-likeness (QED) is 0.817. The topological polar surface area (TPSA) is 71.8 Å². The molecule has 0 aliphatic carbocycles. The molecule has 0 aliphatic heterocycles. The zero-order chi connectivity index (χ0) is 17.7. The highest BCUT2D eigenvalue weighted by atomic mass is 19.1. The fourth-order valence-electron chi connectivity index (χ4n) is 2.53. The number of carbonyl (C=O) groups is 1. The Kier molecular flexibility index (Phi) is 6.03. The van der Waals surface area contributed by atoms with E-state index in [-0.39, 0.29) is 24.3 Å². The standard InChI is InChI=1S/C17H24FN5O/c1-11(2)8-15(17-20-10-21-23(17)4)19-9-16(24)22-14-7-5-6-13(18)12(14)3/h5-7,10-11,15,19H,8-9H2,1-4H3,(H,22,24)/t15-/m1/s1. The molecule has 1 amide bonds. The molecule has 1 atom stereocenters. The van der Waals surface area contributed by atoms with Crippen LogP contribution in [0.15, 0.2) is 24.5 Å². The van der Waals surface area contributed by atoms with Crippen LogP contribution in [-0.4, -0.2) is 27.2 Å². The molecule has 1 heterocycles. The van der Waals surface area contributed by atoms with E-state index in [4.69, 9.17) is 0 Å². The van der Waals surface area contributed by atoms with Crippen molar-refractivity contribution in [3.63, 3.8) is 0 Å². The number of aryl methyl sites for hydroxylation is 1. The van der Waals surface area contributed by atoms with E-state index >= 15 is 0 Å². The summed E-state index contributed by atoms with van der Waals surface area (Å²) in [5.74, 6) is 0.670. The van der Waals surface area contributed by atoms with Crippen molar-refractivity contribution in [1.29, 1.82) is 0 Å². The fraction of sp³-hybridized carbons (Fsp3) is 0.471. The number of nitrogens with one attached hydrogen (secondary N) is 2. The Morgan fingerprint density at radius 1 is 1.38 bits per heavy atom. The van der Waals surface area contributed by atoms with Crippen molar-refractivity contribution in [2.45, 2.75) is 33.2 Å². The average Bonchev–Trinajstić information content (AvgIpc) is 2.94. The van der Waals surface area contributed by atoms with E-state index < -0.39 is 0 Å². The third-order valence-corrected chi connectivity index (χ3v) is 3.82. The molecule has 0 saturated carbocycles. The molecule has 24 heavy (non-hydrogen) atoms. The third kappa shape index (κ3) is 4.61. The van der Waals surface area contributed by atoms with Gasteiger partial charge >= 0.3 is 0 Å². The van der Waals surface area contributed by atoms with Gasteiger partial charge in [-0.1, -0.05) is 19.9 Å². The Morgan fingerprint density at radius 3 is 2.75 bits per heavy atom. The molecule has 2 aromatic rings. The second kappa shape index (κ2) is 8.01. The smallest absolute Gasteiger partial charge is 0.238 e. The highest BCUT2D eigenvalue weighted by Gasteiger charge is 2.19. The van der Waals surface area contributed by atoms with E-state index in [0.717, 1.165) is 12.2 Å². The summed E-state index contributed by atoms with van der Waals surface area (Å²) in [7, 11) is 1.83. The van der Waals surface area contributed by atoms with E-state index in [9.17, 15) is 9.18 Å². The average molecular weight is 333 g/mol. The van der Waals surface area contributed by atoms with Gasteiger partial charge in [-0.15, -0.1) is 0 Å². The summed E-state index contributed by atoms with van der Waals surface area (Å²) in [4.78, 5) is 16.4. The molecule has 2 N–H and O–H groups in total. The predicted molar refractivity (Wildman–Crippen MR) is 91.0 cm³/mol.